The predicted molar refractivity (Wildman–Crippen MR) is 93.5 cm³/mol. The van der Waals surface area contributed by atoms with Crippen molar-refractivity contribution in [2.45, 2.75) is 37.5 Å². The summed E-state index contributed by atoms with van der Waals surface area (Å²) in [6, 6.07) is 7.11. The molecule has 0 aromatic heterocycles. The Bertz CT molecular complexity index is 782. The lowest BCUT2D eigenvalue weighted by Gasteiger charge is -2.42. The third-order valence-electron chi connectivity index (χ3n) is 5.42. The number of aliphatic hydroxyl groups excluding tert-OH is 1. The maximum absolute atomic E-state index is 13.5. The first-order valence-electron chi connectivity index (χ1n) is 8.80. The van der Waals surface area contributed by atoms with Crippen LogP contribution >= 0.6 is 0 Å². The first-order chi connectivity index (χ1) is 12.7. The molecule has 0 bridgehead atoms. The summed E-state index contributed by atoms with van der Waals surface area (Å²) in [5.74, 6) is -3.69. The number of hydrogen-bond acceptors (Lipinski definition) is 4. The Balaban J connectivity index is 1.69. The van der Waals surface area contributed by atoms with Gasteiger partial charge in [-0.05, 0) is 55.2 Å². The van der Waals surface area contributed by atoms with E-state index in [1.807, 2.05) is 4.90 Å². The number of rotatable bonds is 4. The lowest BCUT2D eigenvalue weighted by atomic mass is 9.83. The molecule has 146 valence electrons. The lowest BCUT2D eigenvalue weighted by molar-refractivity contribution is -0.0502. The fraction of sp³-hybridized carbons (Fsp3) is 0.400. The zero-order chi connectivity index (χ0) is 19.8. The SMILES string of the molecule is CC(C(O)c1cc(F)c(O)c(F)c1)N1CCC(O)(c2ccc(F)cc2)CC1. The third-order valence-corrected chi connectivity index (χ3v) is 5.42. The number of aromatic hydroxyl groups is 1. The second-order valence-electron chi connectivity index (χ2n) is 7.09. The number of benzene rings is 2. The number of phenols is 1. The van der Waals surface area contributed by atoms with E-state index in [1.165, 1.54) is 12.1 Å². The molecule has 7 heteroatoms. The molecule has 0 amide bonds. The van der Waals surface area contributed by atoms with Gasteiger partial charge in [-0.25, -0.2) is 13.2 Å². The van der Waals surface area contributed by atoms with Gasteiger partial charge >= 0.3 is 0 Å². The van der Waals surface area contributed by atoms with Gasteiger partial charge in [-0.2, -0.15) is 0 Å². The number of nitrogens with zero attached hydrogens (tertiary/aromatic N) is 1. The van der Waals surface area contributed by atoms with Crippen molar-refractivity contribution in [1.82, 2.24) is 4.90 Å². The monoisotopic (exact) mass is 381 g/mol. The van der Waals surface area contributed by atoms with Crippen molar-refractivity contribution in [3.8, 4) is 5.75 Å². The van der Waals surface area contributed by atoms with Gasteiger partial charge in [0.15, 0.2) is 17.4 Å². The summed E-state index contributed by atoms with van der Waals surface area (Å²) in [6.07, 6.45) is -0.395. The molecule has 0 radical (unpaired) electrons. The maximum Gasteiger partial charge on any atom is 0.187 e. The fourth-order valence-corrected chi connectivity index (χ4v) is 3.58. The average Bonchev–Trinajstić information content (AvgIpc) is 2.65. The van der Waals surface area contributed by atoms with Crippen molar-refractivity contribution < 1.29 is 28.5 Å². The summed E-state index contributed by atoms with van der Waals surface area (Å²) in [4.78, 5) is 1.92. The number of hydrogen-bond donors (Lipinski definition) is 3. The number of aliphatic hydroxyl groups is 2. The highest BCUT2D eigenvalue weighted by Crippen LogP contribution is 2.35. The highest BCUT2D eigenvalue weighted by atomic mass is 19.1. The molecule has 2 aromatic rings. The molecule has 1 saturated heterocycles. The van der Waals surface area contributed by atoms with Gasteiger partial charge in [0.2, 0.25) is 0 Å². The molecule has 0 aliphatic carbocycles. The highest BCUT2D eigenvalue weighted by molar-refractivity contribution is 5.32. The molecule has 4 nitrogen and oxygen atoms in total. The van der Waals surface area contributed by atoms with Gasteiger partial charge in [0, 0.05) is 19.1 Å². The first kappa shape index (κ1) is 19.7. The van der Waals surface area contributed by atoms with Crippen LogP contribution in [0.4, 0.5) is 13.2 Å². The molecule has 3 rings (SSSR count). The minimum Gasteiger partial charge on any atom is -0.503 e. The van der Waals surface area contributed by atoms with Crippen molar-refractivity contribution in [2.24, 2.45) is 0 Å². The van der Waals surface area contributed by atoms with Crippen LogP contribution in [0.15, 0.2) is 36.4 Å². The van der Waals surface area contributed by atoms with Crippen LogP contribution in [0, 0.1) is 17.5 Å². The molecule has 1 fully saturated rings. The van der Waals surface area contributed by atoms with Crippen LogP contribution in [0.5, 0.6) is 5.75 Å². The number of phenolic OH excluding ortho intramolecular Hbond substituents is 1. The van der Waals surface area contributed by atoms with E-state index >= 15 is 0 Å². The van der Waals surface area contributed by atoms with Gasteiger partial charge in [0.1, 0.15) is 5.82 Å². The zero-order valence-electron chi connectivity index (χ0n) is 14.9. The quantitative estimate of drug-likeness (QED) is 0.761. The molecule has 1 aliphatic heterocycles. The Hall–Kier alpha value is -2.09. The molecular formula is C20H22F3NO3. The third kappa shape index (κ3) is 3.95. The predicted octanol–water partition coefficient (Wildman–Crippen LogP) is 3.22. The van der Waals surface area contributed by atoms with E-state index in [0.717, 1.165) is 12.1 Å². The highest BCUT2D eigenvalue weighted by Gasteiger charge is 2.36. The summed E-state index contributed by atoms with van der Waals surface area (Å²) in [7, 11) is 0. The van der Waals surface area contributed by atoms with Crippen LogP contribution in [-0.2, 0) is 5.60 Å². The zero-order valence-corrected chi connectivity index (χ0v) is 14.9. The molecule has 1 aliphatic rings. The van der Waals surface area contributed by atoms with Crippen LogP contribution in [0.2, 0.25) is 0 Å². The Kier molecular flexibility index (Phi) is 5.46. The van der Waals surface area contributed by atoms with E-state index < -0.39 is 35.1 Å². The van der Waals surface area contributed by atoms with Crippen molar-refractivity contribution in [3.63, 3.8) is 0 Å². The number of piperidine rings is 1. The molecule has 2 aromatic carbocycles. The molecular weight excluding hydrogens is 359 g/mol. The standard InChI is InChI=1S/C20H22F3NO3/c1-12(18(25)13-10-16(22)19(26)17(23)11-13)24-8-6-20(27,7-9-24)14-2-4-15(21)5-3-14/h2-5,10-12,18,25-27H,6-9H2,1H3. The van der Waals surface area contributed by atoms with E-state index in [9.17, 15) is 28.5 Å². The molecule has 3 N–H and O–H groups in total. The van der Waals surface area contributed by atoms with Crippen LogP contribution in [0.25, 0.3) is 0 Å². The maximum atomic E-state index is 13.5. The topological polar surface area (TPSA) is 63.9 Å². The van der Waals surface area contributed by atoms with Gasteiger partial charge in [-0.3, -0.25) is 4.90 Å². The Morgan fingerprint density at radius 3 is 2.04 bits per heavy atom. The second kappa shape index (κ2) is 7.50. The minimum absolute atomic E-state index is 0.0367. The minimum atomic E-state index is -1.16. The Morgan fingerprint density at radius 1 is 1.00 bits per heavy atom. The van der Waals surface area contributed by atoms with Gasteiger partial charge in [-0.15, -0.1) is 0 Å². The summed E-state index contributed by atoms with van der Waals surface area (Å²) in [5.41, 5.74) is -0.403. The van der Waals surface area contributed by atoms with Crippen molar-refractivity contribution in [3.05, 3.63) is 65.0 Å². The summed E-state index contributed by atoms with van der Waals surface area (Å²) >= 11 is 0. The molecule has 27 heavy (non-hydrogen) atoms. The normalized spacial score (nSPS) is 19.6. The molecule has 0 spiro atoms. The van der Waals surface area contributed by atoms with E-state index in [-0.39, 0.29) is 11.4 Å². The van der Waals surface area contributed by atoms with Gasteiger partial charge in [0.25, 0.3) is 0 Å². The van der Waals surface area contributed by atoms with Crippen molar-refractivity contribution in [1.29, 1.82) is 0 Å². The van der Waals surface area contributed by atoms with E-state index in [1.54, 1.807) is 19.1 Å². The van der Waals surface area contributed by atoms with E-state index in [4.69, 9.17) is 0 Å². The summed E-state index contributed by atoms with van der Waals surface area (Å²) in [6.45, 7) is 2.64. The van der Waals surface area contributed by atoms with Gasteiger partial charge in [0.05, 0.1) is 11.7 Å². The van der Waals surface area contributed by atoms with E-state index in [2.05, 4.69) is 0 Å². The fourth-order valence-electron chi connectivity index (χ4n) is 3.58. The van der Waals surface area contributed by atoms with Crippen molar-refractivity contribution >= 4 is 0 Å². The number of likely N-dealkylation sites (tertiary alicyclic amines) is 1. The van der Waals surface area contributed by atoms with Gasteiger partial charge < -0.3 is 15.3 Å². The smallest absolute Gasteiger partial charge is 0.187 e. The van der Waals surface area contributed by atoms with E-state index in [0.29, 0.717) is 31.5 Å². The molecule has 2 atom stereocenters. The van der Waals surface area contributed by atoms with Crippen LogP contribution in [-0.4, -0.2) is 39.4 Å². The molecule has 0 saturated carbocycles. The largest absolute Gasteiger partial charge is 0.503 e. The average molecular weight is 381 g/mol. The summed E-state index contributed by atoms with van der Waals surface area (Å²) < 4.78 is 40.2. The van der Waals surface area contributed by atoms with Crippen LogP contribution < -0.4 is 0 Å². The lowest BCUT2D eigenvalue weighted by Crippen LogP contribution is -2.47. The Morgan fingerprint density at radius 2 is 1.52 bits per heavy atom. The van der Waals surface area contributed by atoms with Crippen LogP contribution in [0.3, 0.4) is 0 Å². The summed E-state index contributed by atoms with van der Waals surface area (Å²) in [5, 5.41) is 30.5. The Labute approximate surface area is 155 Å². The van der Waals surface area contributed by atoms with Gasteiger partial charge in [-0.1, -0.05) is 12.1 Å². The number of halogens is 3. The van der Waals surface area contributed by atoms with Crippen LogP contribution in [0.1, 0.15) is 37.0 Å². The first-order valence-corrected chi connectivity index (χ1v) is 8.80. The molecule has 1 heterocycles. The van der Waals surface area contributed by atoms with Crippen molar-refractivity contribution in [2.75, 3.05) is 13.1 Å². The molecule has 2 unspecified atom stereocenters. The second-order valence-corrected chi connectivity index (χ2v) is 7.09.